The molecule has 0 amide bonds. The van der Waals surface area contributed by atoms with Gasteiger partial charge in [-0.1, -0.05) is 0 Å². The number of anilines is 1. The van der Waals surface area contributed by atoms with E-state index in [0.29, 0.717) is 5.95 Å². The van der Waals surface area contributed by atoms with E-state index in [9.17, 15) is 8.42 Å². The second-order valence-corrected chi connectivity index (χ2v) is 6.97. The number of thiophene rings is 1. The van der Waals surface area contributed by atoms with Crippen molar-refractivity contribution in [2.75, 3.05) is 12.4 Å². The quantitative estimate of drug-likeness (QED) is 0.871. The maximum atomic E-state index is 12.0. The maximum Gasteiger partial charge on any atom is 0.243 e. The monoisotopic (exact) mass is 298 g/mol. The number of sulfonamides is 1. The van der Waals surface area contributed by atoms with Gasteiger partial charge in [0.15, 0.2) is 0 Å². The van der Waals surface area contributed by atoms with Crippen molar-refractivity contribution in [1.29, 1.82) is 0 Å². The standard InChI is InChI=1S/C11H14N4O2S2/c1-8-3-4-9(18-8)5-15-19(16,17)10-6-13-11(12-2)14-7-10/h3-4,6-7,15H,5H2,1-2H3,(H,12,13,14). The van der Waals surface area contributed by atoms with Crippen LogP contribution in [0.15, 0.2) is 29.4 Å². The van der Waals surface area contributed by atoms with E-state index in [4.69, 9.17) is 0 Å². The summed E-state index contributed by atoms with van der Waals surface area (Å²) in [4.78, 5) is 9.94. The Morgan fingerprint density at radius 2 is 1.95 bits per heavy atom. The summed E-state index contributed by atoms with van der Waals surface area (Å²) in [5.74, 6) is 0.382. The van der Waals surface area contributed by atoms with Crippen LogP contribution in [-0.2, 0) is 16.6 Å². The lowest BCUT2D eigenvalue weighted by Crippen LogP contribution is -2.23. The van der Waals surface area contributed by atoms with Gasteiger partial charge in [-0.25, -0.2) is 23.1 Å². The SMILES string of the molecule is CNc1ncc(S(=O)(=O)NCc2ccc(C)s2)cn1. The van der Waals surface area contributed by atoms with Crippen LogP contribution in [0, 0.1) is 6.92 Å². The van der Waals surface area contributed by atoms with Gasteiger partial charge in [0.2, 0.25) is 16.0 Å². The Bertz CT molecular complexity index is 650. The van der Waals surface area contributed by atoms with E-state index in [0.717, 1.165) is 9.75 Å². The van der Waals surface area contributed by atoms with Gasteiger partial charge in [-0.2, -0.15) is 0 Å². The molecular formula is C11H14N4O2S2. The maximum absolute atomic E-state index is 12.0. The number of hydrogen-bond acceptors (Lipinski definition) is 6. The Labute approximate surface area is 116 Å². The van der Waals surface area contributed by atoms with Crippen molar-refractivity contribution in [3.05, 3.63) is 34.3 Å². The number of aryl methyl sites for hydroxylation is 1. The van der Waals surface area contributed by atoms with Gasteiger partial charge < -0.3 is 5.32 Å². The Kier molecular flexibility index (Phi) is 4.13. The summed E-state index contributed by atoms with van der Waals surface area (Å²) in [5, 5.41) is 2.73. The zero-order valence-electron chi connectivity index (χ0n) is 10.5. The van der Waals surface area contributed by atoms with E-state index < -0.39 is 10.0 Å². The molecule has 19 heavy (non-hydrogen) atoms. The molecule has 0 radical (unpaired) electrons. The molecule has 0 spiro atoms. The van der Waals surface area contributed by atoms with E-state index in [1.807, 2.05) is 19.1 Å². The molecule has 0 bridgehead atoms. The Hall–Kier alpha value is -1.51. The molecule has 0 saturated heterocycles. The van der Waals surface area contributed by atoms with E-state index in [1.54, 1.807) is 18.4 Å². The fourth-order valence-electron chi connectivity index (χ4n) is 1.41. The predicted octanol–water partition coefficient (Wildman–Crippen LogP) is 1.37. The zero-order chi connectivity index (χ0) is 13.9. The molecule has 6 nitrogen and oxygen atoms in total. The van der Waals surface area contributed by atoms with Crippen molar-refractivity contribution >= 4 is 27.3 Å². The second-order valence-electron chi connectivity index (χ2n) is 3.83. The molecule has 102 valence electrons. The molecule has 0 fully saturated rings. The van der Waals surface area contributed by atoms with Crippen molar-refractivity contribution in [2.45, 2.75) is 18.4 Å². The molecule has 2 rings (SSSR count). The molecule has 0 unspecified atom stereocenters. The van der Waals surface area contributed by atoms with Crippen LogP contribution in [0.25, 0.3) is 0 Å². The Morgan fingerprint density at radius 3 is 2.47 bits per heavy atom. The van der Waals surface area contributed by atoms with E-state index >= 15 is 0 Å². The first kappa shape index (κ1) is 13.9. The fraction of sp³-hybridized carbons (Fsp3) is 0.273. The predicted molar refractivity (Wildman–Crippen MR) is 74.7 cm³/mol. The molecule has 0 aliphatic heterocycles. The highest BCUT2D eigenvalue weighted by Gasteiger charge is 2.15. The van der Waals surface area contributed by atoms with Gasteiger partial charge in [0.1, 0.15) is 4.90 Å². The molecule has 2 aromatic heterocycles. The third-order valence-corrected chi connectivity index (χ3v) is 4.75. The fourth-order valence-corrected chi connectivity index (χ4v) is 3.23. The lowest BCUT2D eigenvalue weighted by molar-refractivity contribution is 0.581. The number of aromatic nitrogens is 2. The van der Waals surface area contributed by atoms with Gasteiger partial charge in [0.05, 0.1) is 12.4 Å². The van der Waals surface area contributed by atoms with Crippen molar-refractivity contribution in [3.8, 4) is 0 Å². The van der Waals surface area contributed by atoms with Gasteiger partial charge in [-0.05, 0) is 19.1 Å². The molecule has 8 heteroatoms. The van der Waals surface area contributed by atoms with Crippen LogP contribution in [0.5, 0.6) is 0 Å². The molecule has 0 aliphatic carbocycles. The topological polar surface area (TPSA) is 84.0 Å². The summed E-state index contributed by atoms with van der Waals surface area (Å²) < 4.78 is 26.5. The molecule has 2 N–H and O–H groups in total. The average Bonchev–Trinajstić information content (AvgIpc) is 2.82. The summed E-state index contributed by atoms with van der Waals surface area (Å²) >= 11 is 1.56. The summed E-state index contributed by atoms with van der Waals surface area (Å²) in [7, 11) is -1.90. The number of nitrogens with one attached hydrogen (secondary N) is 2. The molecule has 0 atom stereocenters. The molecular weight excluding hydrogens is 284 g/mol. The highest BCUT2D eigenvalue weighted by Crippen LogP contribution is 2.15. The van der Waals surface area contributed by atoms with Crippen molar-refractivity contribution < 1.29 is 8.42 Å². The van der Waals surface area contributed by atoms with E-state index in [-0.39, 0.29) is 11.4 Å². The van der Waals surface area contributed by atoms with Gasteiger partial charge in [0.25, 0.3) is 0 Å². The average molecular weight is 298 g/mol. The third-order valence-electron chi connectivity index (χ3n) is 2.39. The largest absolute Gasteiger partial charge is 0.357 e. The molecule has 0 aromatic carbocycles. The minimum absolute atomic E-state index is 0.0554. The Balaban J connectivity index is 2.09. The number of nitrogens with zero attached hydrogens (tertiary/aromatic N) is 2. The third kappa shape index (κ3) is 3.49. The molecule has 2 aromatic rings. The van der Waals surface area contributed by atoms with Crippen molar-refractivity contribution in [2.24, 2.45) is 0 Å². The van der Waals surface area contributed by atoms with Crippen LogP contribution < -0.4 is 10.0 Å². The first-order valence-electron chi connectivity index (χ1n) is 5.56. The van der Waals surface area contributed by atoms with E-state index in [1.165, 1.54) is 12.4 Å². The zero-order valence-corrected chi connectivity index (χ0v) is 12.2. The first-order valence-corrected chi connectivity index (χ1v) is 7.86. The van der Waals surface area contributed by atoms with E-state index in [2.05, 4.69) is 20.0 Å². The highest BCUT2D eigenvalue weighted by molar-refractivity contribution is 7.89. The lowest BCUT2D eigenvalue weighted by atomic mass is 10.4. The lowest BCUT2D eigenvalue weighted by Gasteiger charge is -2.05. The van der Waals surface area contributed by atoms with Gasteiger partial charge >= 0.3 is 0 Å². The van der Waals surface area contributed by atoms with Crippen molar-refractivity contribution in [1.82, 2.24) is 14.7 Å². The van der Waals surface area contributed by atoms with Crippen LogP contribution >= 0.6 is 11.3 Å². The van der Waals surface area contributed by atoms with Gasteiger partial charge in [-0.3, -0.25) is 0 Å². The van der Waals surface area contributed by atoms with Crippen LogP contribution in [0.1, 0.15) is 9.75 Å². The summed E-state index contributed by atoms with van der Waals surface area (Å²) in [6.07, 6.45) is 2.56. The van der Waals surface area contributed by atoms with Gasteiger partial charge in [-0.15, -0.1) is 11.3 Å². The first-order chi connectivity index (χ1) is 9.01. The number of rotatable bonds is 5. The minimum Gasteiger partial charge on any atom is -0.357 e. The minimum atomic E-state index is -3.57. The van der Waals surface area contributed by atoms with Crippen LogP contribution in [-0.4, -0.2) is 25.4 Å². The summed E-state index contributed by atoms with van der Waals surface area (Å²) in [6, 6.07) is 3.86. The second kappa shape index (κ2) is 5.64. The molecule has 0 aliphatic rings. The van der Waals surface area contributed by atoms with Crippen LogP contribution in [0.3, 0.4) is 0 Å². The smallest absolute Gasteiger partial charge is 0.243 e. The summed E-state index contributed by atoms with van der Waals surface area (Å²) in [5.41, 5.74) is 0. The molecule has 2 heterocycles. The Morgan fingerprint density at radius 1 is 1.26 bits per heavy atom. The number of hydrogen-bond donors (Lipinski definition) is 2. The van der Waals surface area contributed by atoms with Crippen LogP contribution in [0.2, 0.25) is 0 Å². The van der Waals surface area contributed by atoms with Gasteiger partial charge in [0, 0.05) is 23.3 Å². The normalized spacial score (nSPS) is 11.5. The van der Waals surface area contributed by atoms with Crippen molar-refractivity contribution in [3.63, 3.8) is 0 Å². The van der Waals surface area contributed by atoms with Crippen LogP contribution in [0.4, 0.5) is 5.95 Å². The summed E-state index contributed by atoms with van der Waals surface area (Å²) in [6.45, 7) is 2.25. The molecule has 0 saturated carbocycles. The highest BCUT2D eigenvalue weighted by atomic mass is 32.2.